The average molecular weight is 300 g/mol. The van der Waals surface area contributed by atoms with E-state index in [-0.39, 0.29) is 0 Å². The van der Waals surface area contributed by atoms with Crippen molar-refractivity contribution in [1.29, 1.82) is 0 Å². The van der Waals surface area contributed by atoms with Crippen molar-refractivity contribution in [2.24, 2.45) is 5.41 Å². The molecule has 0 spiro atoms. The van der Waals surface area contributed by atoms with Crippen molar-refractivity contribution >= 4 is 5.97 Å². The zero-order chi connectivity index (χ0) is 16.1. The lowest BCUT2D eigenvalue weighted by molar-refractivity contribution is -0.151. The maximum atomic E-state index is 11.1. The molecule has 126 valence electrons. The van der Waals surface area contributed by atoms with E-state index in [1.54, 1.807) is 0 Å². The smallest absolute Gasteiger partial charge is 0.332 e. The molecule has 0 rings (SSSR count). The molecule has 0 radical (unpaired) electrons. The van der Waals surface area contributed by atoms with Crippen molar-refractivity contribution in [3.8, 4) is 0 Å². The molecule has 0 saturated heterocycles. The molecule has 0 aliphatic heterocycles. The molecule has 0 heterocycles. The van der Waals surface area contributed by atoms with Crippen LogP contribution in [-0.4, -0.2) is 23.8 Å². The van der Waals surface area contributed by atoms with E-state index < -0.39 is 12.1 Å². The molecule has 1 atom stereocenters. The Morgan fingerprint density at radius 3 is 2.19 bits per heavy atom. The summed E-state index contributed by atoms with van der Waals surface area (Å²) in [6, 6.07) is 0. The predicted octanol–water partition coefficient (Wildman–Crippen LogP) is 5.42. The fourth-order valence-electron chi connectivity index (χ4n) is 2.37. The van der Waals surface area contributed by atoms with E-state index in [0.29, 0.717) is 18.4 Å². The number of rotatable bonds is 13. The van der Waals surface area contributed by atoms with Crippen LogP contribution in [0, 0.1) is 5.41 Å². The molecule has 1 unspecified atom stereocenters. The van der Waals surface area contributed by atoms with Crippen LogP contribution in [0.1, 0.15) is 91.9 Å². The van der Waals surface area contributed by atoms with Crippen LogP contribution in [0.25, 0.3) is 0 Å². The number of aliphatic carboxylic acids is 1. The van der Waals surface area contributed by atoms with Crippen molar-refractivity contribution in [1.82, 2.24) is 0 Å². The number of carboxylic acid groups (broad SMARTS) is 1. The fraction of sp³-hybridized carbons (Fsp3) is 0.944. The number of carbonyl (C=O) groups is 1. The van der Waals surface area contributed by atoms with Crippen LogP contribution in [-0.2, 0) is 9.53 Å². The van der Waals surface area contributed by atoms with Crippen LogP contribution in [0.15, 0.2) is 0 Å². The van der Waals surface area contributed by atoms with Gasteiger partial charge in [-0.1, -0.05) is 72.6 Å². The zero-order valence-corrected chi connectivity index (χ0v) is 14.6. The minimum Gasteiger partial charge on any atom is -0.479 e. The van der Waals surface area contributed by atoms with Crippen LogP contribution >= 0.6 is 0 Å². The number of hydrogen-bond acceptors (Lipinski definition) is 2. The molecule has 0 aromatic carbocycles. The van der Waals surface area contributed by atoms with Gasteiger partial charge in [0.15, 0.2) is 6.10 Å². The Hall–Kier alpha value is -0.570. The molecule has 0 fully saturated rings. The Morgan fingerprint density at radius 1 is 1.00 bits per heavy atom. The third-order valence-corrected chi connectivity index (χ3v) is 3.74. The summed E-state index contributed by atoms with van der Waals surface area (Å²) in [5.41, 5.74) is 0.408. The Bertz CT molecular complexity index is 256. The molecule has 0 aromatic heterocycles. The van der Waals surface area contributed by atoms with E-state index in [4.69, 9.17) is 9.84 Å². The molecule has 0 aliphatic rings. The summed E-state index contributed by atoms with van der Waals surface area (Å²) in [6.07, 6.45) is 10.3. The Kier molecular flexibility index (Phi) is 11.7. The summed E-state index contributed by atoms with van der Waals surface area (Å²) < 4.78 is 5.51. The molecule has 0 saturated carbocycles. The average Bonchev–Trinajstić information content (AvgIpc) is 2.38. The second-order valence-corrected chi connectivity index (χ2v) is 7.27. The lowest BCUT2D eigenvalue weighted by Crippen LogP contribution is -2.24. The first-order chi connectivity index (χ1) is 9.87. The van der Waals surface area contributed by atoms with Gasteiger partial charge in [-0.05, 0) is 24.7 Å². The van der Waals surface area contributed by atoms with Gasteiger partial charge in [-0.25, -0.2) is 4.79 Å². The molecule has 0 aromatic rings. The minimum atomic E-state index is -0.805. The normalized spacial score (nSPS) is 13.3. The van der Waals surface area contributed by atoms with Crippen LogP contribution in [0.3, 0.4) is 0 Å². The quantitative estimate of drug-likeness (QED) is 0.462. The summed E-state index contributed by atoms with van der Waals surface area (Å²) in [7, 11) is 0. The second kappa shape index (κ2) is 12.0. The maximum Gasteiger partial charge on any atom is 0.332 e. The molecule has 0 amide bonds. The van der Waals surface area contributed by atoms with Gasteiger partial charge in [0, 0.05) is 6.61 Å². The molecule has 1 N–H and O–H groups in total. The standard InChI is InChI=1S/C18H36O3/c1-5-6-7-12-15-21-16(17(19)20)13-10-8-9-11-14-18(2,3)4/h16H,5-15H2,1-4H3,(H,19,20). The van der Waals surface area contributed by atoms with Crippen LogP contribution in [0.5, 0.6) is 0 Å². The van der Waals surface area contributed by atoms with E-state index in [9.17, 15) is 4.79 Å². The number of hydrogen-bond donors (Lipinski definition) is 1. The summed E-state index contributed by atoms with van der Waals surface area (Å²) in [5, 5.41) is 9.16. The van der Waals surface area contributed by atoms with Gasteiger partial charge in [-0.15, -0.1) is 0 Å². The summed E-state index contributed by atoms with van der Waals surface area (Å²) >= 11 is 0. The fourth-order valence-corrected chi connectivity index (χ4v) is 2.37. The minimum absolute atomic E-state index is 0.408. The van der Waals surface area contributed by atoms with Crippen LogP contribution in [0.2, 0.25) is 0 Å². The predicted molar refractivity (Wildman–Crippen MR) is 88.7 cm³/mol. The van der Waals surface area contributed by atoms with Gasteiger partial charge in [0.05, 0.1) is 0 Å². The van der Waals surface area contributed by atoms with E-state index in [1.807, 2.05) is 0 Å². The molecule has 0 aliphatic carbocycles. The first-order valence-electron chi connectivity index (χ1n) is 8.71. The van der Waals surface area contributed by atoms with Gasteiger partial charge in [0.2, 0.25) is 0 Å². The maximum absolute atomic E-state index is 11.1. The lowest BCUT2D eigenvalue weighted by Gasteiger charge is -2.17. The van der Waals surface area contributed by atoms with Gasteiger partial charge in [-0.2, -0.15) is 0 Å². The van der Waals surface area contributed by atoms with Crippen molar-refractivity contribution < 1.29 is 14.6 Å². The molecular formula is C18H36O3. The van der Waals surface area contributed by atoms with Gasteiger partial charge < -0.3 is 9.84 Å². The van der Waals surface area contributed by atoms with E-state index >= 15 is 0 Å². The highest BCUT2D eigenvalue weighted by molar-refractivity contribution is 5.72. The Balaban J connectivity index is 3.63. The van der Waals surface area contributed by atoms with Crippen molar-refractivity contribution in [2.45, 2.75) is 98.0 Å². The third-order valence-electron chi connectivity index (χ3n) is 3.74. The van der Waals surface area contributed by atoms with Crippen LogP contribution < -0.4 is 0 Å². The summed E-state index contributed by atoms with van der Waals surface area (Å²) in [6.45, 7) is 9.54. The molecule has 3 heteroatoms. The van der Waals surface area contributed by atoms with E-state index in [0.717, 1.165) is 25.7 Å². The lowest BCUT2D eigenvalue weighted by atomic mass is 9.89. The molecule has 3 nitrogen and oxygen atoms in total. The van der Waals surface area contributed by atoms with E-state index in [2.05, 4.69) is 27.7 Å². The SMILES string of the molecule is CCCCCCOC(CCCCCCC(C)(C)C)C(=O)O. The summed E-state index contributed by atoms with van der Waals surface area (Å²) in [4.78, 5) is 11.1. The zero-order valence-electron chi connectivity index (χ0n) is 14.6. The largest absolute Gasteiger partial charge is 0.479 e. The van der Waals surface area contributed by atoms with Gasteiger partial charge in [0.25, 0.3) is 0 Å². The second-order valence-electron chi connectivity index (χ2n) is 7.27. The first-order valence-corrected chi connectivity index (χ1v) is 8.71. The monoisotopic (exact) mass is 300 g/mol. The highest BCUT2D eigenvalue weighted by atomic mass is 16.5. The Morgan fingerprint density at radius 2 is 1.62 bits per heavy atom. The first kappa shape index (κ1) is 20.4. The molecular weight excluding hydrogens is 264 g/mol. The number of ether oxygens (including phenoxy) is 1. The van der Waals surface area contributed by atoms with Crippen molar-refractivity contribution in [3.05, 3.63) is 0 Å². The highest BCUT2D eigenvalue weighted by Gasteiger charge is 2.17. The Labute approximate surface area is 131 Å². The van der Waals surface area contributed by atoms with Gasteiger partial charge >= 0.3 is 5.97 Å². The van der Waals surface area contributed by atoms with Crippen LogP contribution in [0.4, 0.5) is 0 Å². The highest BCUT2D eigenvalue weighted by Crippen LogP contribution is 2.22. The third kappa shape index (κ3) is 14.1. The topological polar surface area (TPSA) is 46.5 Å². The van der Waals surface area contributed by atoms with E-state index in [1.165, 1.54) is 32.1 Å². The molecule has 0 bridgehead atoms. The van der Waals surface area contributed by atoms with Gasteiger partial charge in [0.1, 0.15) is 0 Å². The summed E-state index contributed by atoms with van der Waals surface area (Å²) in [5.74, 6) is -0.805. The molecule has 21 heavy (non-hydrogen) atoms. The van der Waals surface area contributed by atoms with Crippen molar-refractivity contribution in [3.63, 3.8) is 0 Å². The number of unbranched alkanes of at least 4 members (excludes halogenated alkanes) is 6. The van der Waals surface area contributed by atoms with Crippen molar-refractivity contribution in [2.75, 3.05) is 6.61 Å². The number of carboxylic acids is 1. The van der Waals surface area contributed by atoms with Gasteiger partial charge in [-0.3, -0.25) is 0 Å².